The van der Waals surface area contributed by atoms with Crippen molar-refractivity contribution in [2.75, 3.05) is 0 Å². The molecule has 0 aliphatic carbocycles. The van der Waals surface area contributed by atoms with E-state index in [1.54, 1.807) is 10.6 Å². The van der Waals surface area contributed by atoms with E-state index in [0.717, 1.165) is 11.3 Å². The van der Waals surface area contributed by atoms with Crippen molar-refractivity contribution < 1.29 is 0 Å². The minimum atomic E-state index is -1.58. The lowest BCUT2D eigenvalue weighted by Gasteiger charge is -2.41. The molecule has 0 bridgehead atoms. The summed E-state index contributed by atoms with van der Waals surface area (Å²) < 4.78 is 0. The first-order chi connectivity index (χ1) is 12.3. The van der Waals surface area contributed by atoms with Crippen LogP contribution < -0.4 is 10.6 Å². The van der Waals surface area contributed by atoms with Crippen LogP contribution in [0.2, 0.25) is 0 Å². The fraction of sp³-hybridized carbons (Fsp3) is 0.417. The molecule has 2 aliphatic heterocycles. The van der Waals surface area contributed by atoms with Gasteiger partial charge in [0.1, 0.15) is 10.6 Å². The Morgan fingerprint density at radius 2 is 1.04 bits per heavy atom. The second-order valence-electron chi connectivity index (χ2n) is 8.61. The third kappa shape index (κ3) is 2.34. The molecule has 138 valence electrons. The minimum absolute atomic E-state index is 0.537. The van der Waals surface area contributed by atoms with Crippen LogP contribution in [0.5, 0.6) is 0 Å². The van der Waals surface area contributed by atoms with Crippen LogP contribution in [0.25, 0.3) is 0 Å². The zero-order valence-electron chi connectivity index (χ0n) is 16.7. The highest BCUT2D eigenvalue weighted by Gasteiger charge is 2.54. The van der Waals surface area contributed by atoms with E-state index in [0.29, 0.717) is 11.3 Å². The molecule has 0 spiro atoms. The second kappa shape index (κ2) is 6.43. The van der Waals surface area contributed by atoms with Gasteiger partial charge in [-0.25, -0.2) is 0 Å². The van der Waals surface area contributed by atoms with Crippen molar-refractivity contribution >= 4 is 25.1 Å². The summed E-state index contributed by atoms with van der Waals surface area (Å²) in [5.41, 5.74) is 5.61. The van der Waals surface area contributed by atoms with Crippen LogP contribution in [0, 0.1) is 13.3 Å². The second-order valence-corrected chi connectivity index (χ2v) is 16.6. The quantitative estimate of drug-likeness (QED) is 0.389. The molecule has 0 unspecified atom stereocenters. The third-order valence-electron chi connectivity index (χ3n) is 7.63. The van der Waals surface area contributed by atoms with Crippen molar-refractivity contribution in [2.45, 2.75) is 63.2 Å². The van der Waals surface area contributed by atoms with E-state index >= 15 is 0 Å². The zero-order chi connectivity index (χ0) is 18.7. The lowest BCUT2D eigenvalue weighted by atomic mass is 10.0. The summed E-state index contributed by atoms with van der Waals surface area (Å²) in [5, 5.41) is 3.19. The molecule has 0 amide bonds. The van der Waals surface area contributed by atoms with E-state index in [9.17, 15) is 0 Å². The van der Waals surface area contributed by atoms with Crippen LogP contribution >= 0.6 is 14.5 Å². The molecule has 2 aliphatic rings. The van der Waals surface area contributed by atoms with E-state index in [1.165, 1.54) is 24.0 Å². The number of hydrogen-bond acceptors (Lipinski definition) is 0. The summed E-state index contributed by atoms with van der Waals surface area (Å²) in [6, 6.07) is 18.4. The molecule has 1 fully saturated rings. The molecular formula is C24H32P2. The molecule has 0 saturated carbocycles. The molecule has 4 atom stereocenters. The van der Waals surface area contributed by atoms with Gasteiger partial charge in [0.25, 0.3) is 0 Å². The predicted octanol–water partition coefficient (Wildman–Crippen LogP) is 6.96. The average molecular weight is 382 g/mol. The molecule has 2 aromatic rings. The Morgan fingerprint density at radius 1 is 0.654 bits per heavy atom. The highest BCUT2D eigenvalue weighted by molar-refractivity contribution is 7.90. The van der Waals surface area contributed by atoms with Crippen molar-refractivity contribution in [2.24, 2.45) is 0 Å². The summed E-state index contributed by atoms with van der Waals surface area (Å²) in [5.74, 6) is 0. The Kier molecular flexibility index (Phi) is 4.61. The third-order valence-corrected chi connectivity index (χ3v) is 17.4. The largest absolute Gasteiger partial charge is 0.174 e. The van der Waals surface area contributed by atoms with Crippen LogP contribution in [0.1, 0.15) is 63.0 Å². The monoisotopic (exact) mass is 382 g/mol. The lowest BCUT2D eigenvalue weighted by molar-refractivity contribution is 0.777. The van der Waals surface area contributed by atoms with Gasteiger partial charge in [-0.3, -0.25) is 0 Å². The Morgan fingerprint density at radius 3 is 1.50 bits per heavy atom. The summed E-state index contributed by atoms with van der Waals surface area (Å²) in [7, 11) is -2.98. The predicted molar refractivity (Wildman–Crippen MR) is 122 cm³/mol. The fourth-order valence-corrected chi connectivity index (χ4v) is 14.4. The van der Waals surface area contributed by atoms with Gasteiger partial charge < -0.3 is 0 Å². The Labute approximate surface area is 161 Å². The average Bonchev–Trinajstić information content (AvgIpc) is 3.04. The maximum Gasteiger partial charge on any atom is 0.105 e. The zero-order valence-corrected chi connectivity index (χ0v) is 18.4. The first kappa shape index (κ1) is 18.7. The van der Waals surface area contributed by atoms with Gasteiger partial charge in [0.05, 0.1) is 11.3 Å². The Balaban J connectivity index is 1.91. The maximum atomic E-state index is 5.03. The van der Waals surface area contributed by atoms with Crippen molar-refractivity contribution in [1.29, 1.82) is 0 Å². The van der Waals surface area contributed by atoms with Crippen LogP contribution in [0.15, 0.2) is 48.5 Å². The number of rotatable bonds is 2. The highest BCUT2D eigenvalue weighted by atomic mass is 31.2. The molecule has 2 heteroatoms. The van der Waals surface area contributed by atoms with Crippen molar-refractivity contribution in [1.82, 2.24) is 0 Å². The molecule has 26 heavy (non-hydrogen) atoms. The van der Waals surface area contributed by atoms with Crippen LogP contribution in [-0.4, -0.2) is 11.3 Å². The van der Waals surface area contributed by atoms with Gasteiger partial charge in [-0.15, -0.1) is 0 Å². The highest BCUT2D eigenvalue weighted by Crippen LogP contribution is 2.82. The fourth-order valence-electron chi connectivity index (χ4n) is 5.54. The van der Waals surface area contributed by atoms with E-state index in [4.69, 9.17) is 13.3 Å². The lowest BCUT2D eigenvalue weighted by Crippen LogP contribution is -2.34. The van der Waals surface area contributed by atoms with Crippen molar-refractivity contribution in [3.63, 3.8) is 0 Å². The van der Waals surface area contributed by atoms with Gasteiger partial charge in [-0.05, 0) is 63.8 Å². The van der Waals surface area contributed by atoms with Gasteiger partial charge in [-0.2, -0.15) is 13.3 Å². The first-order valence-electron chi connectivity index (χ1n) is 9.97. The van der Waals surface area contributed by atoms with Crippen molar-refractivity contribution in [3.05, 3.63) is 73.0 Å². The molecule has 0 N–H and O–H groups in total. The smallest absolute Gasteiger partial charge is 0.105 e. The van der Waals surface area contributed by atoms with Gasteiger partial charge in [0.15, 0.2) is 0 Å². The van der Waals surface area contributed by atoms with Gasteiger partial charge in [-0.1, -0.05) is 50.9 Å². The van der Waals surface area contributed by atoms with Crippen LogP contribution in [-0.2, 0) is 0 Å². The van der Waals surface area contributed by atoms with Crippen LogP contribution in [0.4, 0.5) is 0 Å². The number of benzene rings is 2. The summed E-state index contributed by atoms with van der Waals surface area (Å²) >= 11 is 0. The molecular weight excluding hydrogens is 350 g/mol. The number of hydrogen-bond donors (Lipinski definition) is 0. The summed E-state index contributed by atoms with van der Waals surface area (Å²) in [6.07, 6.45) is 2.67. The topological polar surface area (TPSA) is 0 Å². The van der Waals surface area contributed by atoms with Gasteiger partial charge in [0, 0.05) is 11.3 Å². The molecule has 0 aromatic heterocycles. The molecule has 0 radical (unpaired) electrons. The molecule has 4 rings (SSSR count). The SMILES string of the molecule is [CH2-][P+]1(c2ccccc2[P+]2([CH2-])[C@H](C)c3ccccc3[C@H]2C)[C@H](C)CC[C@H]1C. The Bertz CT molecular complexity index is 785. The molecule has 0 nitrogen and oxygen atoms in total. The Hall–Kier alpha value is -0.700. The standard InChI is InChI=1S/C24H32P2/c1-17-15-16-18(2)25(17,5)23-13-9-10-14-24(23)26(6)19(3)21-11-7-8-12-22(21)20(26)4/h7-14,17-20H,5-6,15-16H2,1-4H3/t17-,18-,19-,20-/m1/s1. The van der Waals surface area contributed by atoms with Crippen LogP contribution in [0.3, 0.4) is 0 Å². The maximum absolute atomic E-state index is 5.03. The van der Waals surface area contributed by atoms with Gasteiger partial charge >= 0.3 is 0 Å². The van der Waals surface area contributed by atoms with Crippen molar-refractivity contribution in [3.8, 4) is 0 Å². The molecule has 1 saturated heterocycles. The van der Waals surface area contributed by atoms with Gasteiger partial charge in [0.2, 0.25) is 0 Å². The van der Waals surface area contributed by atoms with E-state index in [-0.39, 0.29) is 0 Å². The summed E-state index contributed by atoms with van der Waals surface area (Å²) in [4.78, 5) is 0. The summed E-state index contributed by atoms with van der Waals surface area (Å²) in [6.45, 7) is 19.7. The van der Waals surface area contributed by atoms with E-state index < -0.39 is 14.5 Å². The normalized spacial score (nSPS) is 31.8. The first-order valence-corrected chi connectivity index (χ1v) is 14.2. The molecule has 2 aromatic carbocycles. The number of fused-ring (bicyclic) bond motifs is 1. The minimum Gasteiger partial charge on any atom is -0.174 e. The molecule has 2 heterocycles. The van der Waals surface area contributed by atoms with E-state index in [1.807, 2.05) is 0 Å². The van der Waals surface area contributed by atoms with E-state index in [2.05, 4.69) is 76.2 Å².